The molecule has 9 N–H and O–H groups in total. The van der Waals surface area contributed by atoms with Crippen LogP contribution in [0.5, 0.6) is 11.5 Å². The number of unbranched alkanes of at least 4 members (excludes halogenated alkanes) is 6. The lowest BCUT2D eigenvalue weighted by Gasteiger charge is -2.46. The average molecular weight is 1070 g/mol. The van der Waals surface area contributed by atoms with Gasteiger partial charge >= 0.3 is 24.0 Å². The fourth-order valence-electron chi connectivity index (χ4n) is 9.81. The summed E-state index contributed by atoms with van der Waals surface area (Å²) in [6, 6.07) is 57.0. The van der Waals surface area contributed by atoms with Gasteiger partial charge in [-0.15, -0.1) is 0 Å². The number of alkyl halides is 3. The lowest BCUT2D eigenvalue weighted by molar-refractivity contribution is -0.173. The van der Waals surface area contributed by atoms with Crippen molar-refractivity contribution in [3.05, 3.63) is 203 Å². The largest absolute Gasteiger partial charge is 0.497 e. The van der Waals surface area contributed by atoms with Crippen molar-refractivity contribution in [2.45, 2.75) is 81.5 Å². The third kappa shape index (κ3) is 17.7. The monoisotopic (exact) mass is 1070 g/mol. The third-order valence-corrected chi connectivity index (χ3v) is 13.4. The molecule has 0 aliphatic heterocycles. The maximum atomic E-state index is 12.4. The number of carbonyl (C=O) groups excluding carboxylic acids is 2. The van der Waals surface area contributed by atoms with Crippen LogP contribution in [0.25, 0.3) is 0 Å². The molecular weight excluding hydrogens is 988 g/mol. The fraction of sp³-hybridized carbons (Fsp3) is 0.361. The molecule has 13 nitrogen and oxygen atoms in total. The summed E-state index contributed by atoms with van der Waals surface area (Å²) in [5.74, 6) is -1.51. The van der Waals surface area contributed by atoms with Gasteiger partial charge in [0.25, 0.3) is 0 Å². The fourth-order valence-corrected chi connectivity index (χ4v) is 9.81. The lowest BCUT2D eigenvalue weighted by Crippen LogP contribution is -2.49. The molecule has 0 atom stereocenters. The molecule has 6 rings (SSSR count). The van der Waals surface area contributed by atoms with Gasteiger partial charge in [-0.25, -0.2) is 0 Å². The molecule has 6 aromatic carbocycles. The van der Waals surface area contributed by atoms with Crippen molar-refractivity contribution in [1.82, 2.24) is 21.3 Å². The Morgan fingerprint density at radius 2 is 0.831 bits per heavy atom. The number of rotatable bonds is 29. The van der Waals surface area contributed by atoms with Gasteiger partial charge in [0.15, 0.2) is 0 Å². The number of nitrogens with one attached hydrogen (secondary N) is 1. The highest BCUT2D eigenvalue weighted by Crippen LogP contribution is 2.45. The maximum absolute atomic E-state index is 12.4. The standard InChI is InChI=1S/C32H37F3N2O4.C29H36N2O3.H3N.H2O/c1-40-28-19-17-27(18-20-28)31(25-13-7-5-8-14-25,26-15-9-6-10-16-26)37(24-21-29(38)41-2)23-12-4-3-11-22-36-30(39)32(33,34)35;1-34-27-18-16-26(17-19-27)29(24-12-6-4-7-13-24,25-14-8-5-9-15-25)31(23-20-28(32)33)22-11-3-2-10-21-30;;/h5-10,13-20H,3-4,11-12,21-24H2,1-2H3,(H,36,39);4-9,12-19H,2-3,10-11,20-23,30H2,1H3,(H,32,33);1H3;1H2. The summed E-state index contributed by atoms with van der Waals surface area (Å²) in [4.78, 5) is 39.7. The van der Waals surface area contributed by atoms with Crippen LogP contribution in [0.1, 0.15) is 97.6 Å². The second-order valence-corrected chi connectivity index (χ2v) is 18.2. The first-order chi connectivity index (χ1) is 36.4. The summed E-state index contributed by atoms with van der Waals surface area (Å²) in [5.41, 5.74) is 10.6. The van der Waals surface area contributed by atoms with Crippen molar-refractivity contribution in [2.75, 3.05) is 60.6 Å². The molecule has 1 amide bonds. The number of methoxy groups -OCH3 is 3. The third-order valence-electron chi connectivity index (χ3n) is 13.4. The Labute approximate surface area is 452 Å². The molecule has 16 heteroatoms. The van der Waals surface area contributed by atoms with E-state index in [1.807, 2.05) is 115 Å². The van der Waals surface area contributed by atoms with E-state index in [0.717, 1.165) is 89.9 Å². The molecule has 0 spiro atoms. The zero-order chi connectivity index (χ0) is 53.9. The van der Waals surface area contributed by atoms with Gasteiger partial charge in [-0.1, -0.05) is 171 Å². The Kier molecular flexibility index (Phi) is 27.7. The zero-order valence-corrected chi connectivity index (χ0v) is 44.7. The number of carboxylic acid groups (broad SMARTS) is 1. The predicted molar refractivity (Wildman–Crippen MR) is 297 cm³/mol. The number of carboxylic acids is 1. The molecule has 0 aliphatic carbocycles. The lowest BCUT2D eigenvalue weighted by atomic mass is 9.75. The molecule has 0 saturated carbocycles. The smallest absolute Gasteiger partial charge is 0.471 e. The normalized spacial score (nSPS) is 11.3. The summed E-state index contributed by atoms with van der Waals surface area (Å²) in [7, 11) is 4.65. The second-order valence-electron chi connectivity index (χ2n) is 18.2. The van der Waals surface area contributed by atoms with Crippen LogP contribution in [-0.2, 0) is 30.2 Å². The van der Waals surface area contributed by atoms with E-state index in [0.29, 0.717) is 39.0 Å². The highest BCUT2D eigenvalue weighted by molar-refractivity contribution is 5.81. The van der Waals surface area contributed by atoms with Crippen molar-refractivity contribution in [2.24, 2.45) is 5.73 Å². The minimum absolute atomic E-state index is 0. The van der Waals surface area contributed by atoms with Gasteiger partial charge in [-0.3, -0.25) is 24.2 Å². The van der Waals surface area contributed by atoms with Crippen molar-refractivity contribution >= 4 is 17.8 Å². The van der Waals surface area contributed by atoms with Crippen molar-refractivity contribution in [3.8, 4) is 11.5 Å². The van der Waals surface area contributed by atoms with Crippen molar-refractivity contribution in [1.29, 1.82) is 0 Å². The molecule has 6 aromatic rings. The Balaban J connectivity index is 0.000000401. The molecule has 416 valence electrons. The number of esters is 1. The van der Waals surface area contributed by atoms with Gasteiger partial charge < -0.3 is 42.0 Å². The summed E-state index contributed by atoms with van der Waals surface area (Å²) in [5, 5.41) is 11.5. The summed E-state index contributed by atoms with van der Waals surface area (Å²) < 4.78 is 53.2. The Morgan fingerprint density at radius 3 is 1.16 bits per heavy atom. The maximum Gasteiger partial charge on any atom is 0.471 e. The SMILES string of the molecule is COC(=O)CCN(CCCCCCNC(=O)C(F)(F)F)C(c1ccccc1)(c1ccccc1)c1ccc(OC)cc1.COc1ccc(C(c2ccccc2)(c2ccccc2)N(CCCCCCN)CCC(=O)O)cc1.N.O. The number of aliphatic carboxylic acids is 1. The van der Waals surface area contributed by atoms with Crippen LogP contribution in [0.2, 0.25) is 0 Å². The minimum atomic E-state index is -4.88. The molecule has 0 bridgehead atoms. The van der Waals surface area contributed by atoms with Crippen LogP contribution in [0, 0.1) is 0 Å². The van der Waals surface area contributed by atoms with Gasteiger partial charge in [0.2, 0.25) is 0 Å². The first-order valence-electron chi connectivity index (χ1n) is 25.7. The number of hydrogen-bond acceptors (Lipinski definition) is 10. The van der Waals surface area contributed by atoms with E-state index in [1.165, 1.54) is 7.11 Å². The summed E-state index contributed by atoms with van der Waals surface area (Å²) >= 11 is 0. The number of carbonyl (C=O) groups is 3. The van der Waals surface area contributed by atoms with Gasteiger partial charge in [0.1, 0.15) is 11.5 Å². The van der Waals surface area contributed by atoms with Crippen LogP contribution < -0.4 is 26.7 Å². The molecule has 0 saturated heterocycles. The number of nitrogens with two attached hydrogens (primary N) is 1. The Morgan fingerprint density at radius 1 is 0.494 bits per heavy atom. The van der Waals surface area contributed by atoms with Crippen LogP contribution >= 0.6 is 0 Å². The Bertz CT molecular complexity index is 2500. The number of hydrogen-bond donors (Lipinski definition) is 4. The predicted octanol–water partition coefficient (Wildman–Crippen LogP) is 10.7. The van der Waals surface area contributed by atoms with Crippen LogP contribution in [-0.4, -0.2) is 105 Å². The number of amides is 1. The van der Waals surface area contributed by atoms with Crippen LogP contribution in [0.15, 0.2) is 170 Å². The van der Waals surface area contributed by atoms with E-state index in [4.69, 9.17) is 19.9 Å². The van der Waals surface area contributed by atoms with E-state index in [2.05, 4.69) is 70.5 Å². The van der Waals surface area contributed by atoms with E-state index >= 15 is 0 Å². The highest BCUT2D eigenvalue weighted by Gasteiger charge is 2.44. The van der Waals surface area contributed by atoms with Crippen LogP contribution in [0.4, 0.5) is 13.2 Å². The van der Waals surface area contributed by atoms with Gasteiger partial charge in [-0.2, -0.15) is 13.2 Å². The van der Waals surface area contributed by atoms with E-state index in [9.17, 15) is 32.7 Å². The first-order valence-corrected chi connectivity index (χ1v) is 25.7. The van der Waals surface area contributed by atoms with E-state index in [-0.39, 0.29) is 37.0 Å². The van der Waals surface area contributed by atoms with Crippen LogP contribution in [0.3, 0.4) is 0 Å². The number of halogens is 3. The second kappa shape index (κ2) is 33.2. The topological polar surface area (TPSA) is 210 Å². The minimum Gasteiger partial charge on any atom is -0.497 e. The van der Waals surface area contributed by atoms with Crippen molar-refractivity contribution in [3.63, 3.8) is 0 Å². The zero-order valence-electron chi connectivity index (χ0n) is 44.7. The number of nitrogens with zero attached hydrogens (tertiary/aromatic N) is 2. The Hall–Kier alpha value is -7.08. The van der Waals surface area contributed by atoms with E-state index < -0.39 is 29.1 Å². The summed E-state index contributed by atoms with van der Waals surface area (Å²) in [6.45, 7) is 2.88. The molecule has 77 heavy (non-hydrogen) atoms. The van der Waals surface area contributed by atoms with Gasteiger partial charge in [-0.05, 0) is 103 Å². The molecule has 0 radical (unpaired) electrons. The molecule has 0 fully saturated rings. The summed E-state index contributed by atoms with van der Waals surface area (Å²) in [6.07, 6.45) is 2.04. The molecule has 0 aliphatic rings. The van der Waals surface area contributed by atoms with Gasteiger partial charge in [0.05, 0.1) is 45.2 Å². The highest BCUT2D eigenvalue weighted by atomic mass is 19.4. The first kappa shape index (κ1) is 64.2. The molecular formula is C61H78F3N5O8. The van der Waals surface area contributed by atoms with Crippen molar-refractivity contribution < 1.29 is 52.3 Å². The number of ether oxygens (including phenoxy) is 3. The van der Waals surface area contributed by atoms with Gasteiger partial charge in [0, 0.05) is 19.6 Å². The number of benzene rings is 6. The molecule has 0 unspecified atom stereocenters. The average Bonchev–Trinajstić information content (AvgIpc) is 3.45. The molecule has 0 aromatic heterocycles. The quantitative estimate of drug-likeness (QED) is 0.0197. The molecule has 0 heterocycles. The van der Waals surface area contributed by atoms with E-state index in [1.54, 1.807) is 14.2 Å².